The monoisotopic (exact) mass is 281 g/mol. The Kier molecular flexibility index (Phi) is 3.78. The van der Waals surface area contributed by atoms with Crippen LogP contribution in [0.2, 0.25) is 0 Å². The lowest BCUT2D eigenvalue weighted by atomic mass is 10.1. The van der Waals surface area contributed by atoms with Gasteiger partial charge in [0, 0.05) is 13.1 Å². The summed E-state index contributed by atoms with van der Waals surface area (Å²) in [5.41, 5.74) is 1.99. The predicted octanol–water partition coefficient (Wildman–Crippen LogP) is 1.28. The maximum absolute atomic E-state index is 11.0. The molecular formula is C12H19N5O3. The zero-order valence-electron chi connectivity index (χ0n) is 11.8. The molecule has 8 heteroatoms. The molecule has 0 radical (unpaired) electrons. The molecule has 1 atom stereocenters. The molecule has 1 aromatic heterocycles. The van der Waals surface area contributed by atoms with Crippen molar-refractivity contribution in [2.45, 2.75) is 32.5 Å². The zero-order valence-corrected chi connectivity index (χ0v) is 11.8. The van der Waals surface area contributed by atoms with E-state index in [0.717, 1.165) is 0 Å². The lowest BCUT2D eigenvalue weighted by molar-refractivity contribution is -0.384. The molecule has 0 saturated carbocycles. The van der Waals surface area contributed by atoms with Gasteiger partial charge in [-0.2, -0.15) is 0 Å². The van der Waals surface area contributed by atoms with Crippen LogP contribution in [0, 0.1) is 10.1 Å². The van der Waals surface area contributed by atoms with E-state index in [9.17, 15) is 10.1 Å². The van der Waals surface area contributed by atoms with Gasteiger partial charge in [0.05, 0.1) is 28.8 Å². The third-order valence-electron chi connectivity index (χ3n) is 3.05. The quantitative estimate of drug-likeness (QED) is 0.488. The highest BCUT2D eigenvalue weighted by atomic mass is 16.6. The molecule has 0 amide bonds. The normalized spacial score (nSPS) is 21.6. The SMILES string of the molecule is CC1CN(c2cc([N+](=O)[O-])cc(NN)n2)CC(C)(C)O1. The number of ether oxygens (including phenoxy) is 1. The van der Waals surface area contributed by atoms with Crippen LogP contribution < -0.4 is 16.2 Å². The molecule has 2 rings (SSSR count). The number of nitrogens with two attached hydrogens (primary N) is 1. The second-order valence-corrected chi connectivity index (χ2v) is 5.54. The van der Waals surface area contributed by atoms with Crippen molar-refractivity contribution in [3.05, 3.63) is 22.2 Å². The molecule has 20 heavy (non-hydrogen) atoms. The second-order valence-electron chi connectivity index (χ2n) is 5.54. The van der Waals surface area contributed by atoms with Crippen LogP contribution in [0.25, 0.3) is 0 Å². The first-order valence-electron chi connectivity index (χ1n) is 6.36. The third-order valence-corrected chi connectivity index (χ3v) is 3.05. The van der Waals surface area contributed by atoms with Crippen LogP contribution in [-0.2, 0) is 4.74 Å². The van der Waals surface area contributed by atoms with Crippen LogP contribution in [-0.4, -0.2) is 34.7 Å². The molecule has 0 aliphatic carbocycles. The number of hydrogen-bond acceptors (Lipinski definition) is 7. The minimum atomic E-state index is -0.457. The second kappa shape index (κ2) is 5.22. The number of hydrogen-bond donors (Lipinski definition) is 2. The number of nitrogens with one attached hydrogen (secondary N) is 1. The summed E-state index contributed by atoms with van der Waals surface area (Å²) in [4.78, 5) is 16.8. The van der Waals surface area contributed by atoms with Gasteiger partial charge in [-0.3, -0.25) is 10.1 Å². The Morgan fingerprint density at radius 1 is 1.60 bits per heavy atom. The average Bonchev–Trinajstić information content (AvgIpc) is 2.35. The van der Waals surface area contributed by atoms with E-state index in [-0.39, 0.29) is 23.2 Å². The number of pyridine rings is 1. The van der Waals surface area contributed by atoms with Crippen LogP contribution >= 0.6 is 0 Å². The van der Waals surface area contributed by atoms with E-state index in [1.165, 1.54) is 12.1 Å². The third kappa shape index (κ3) is 3.14. The molecule has 0 bridgehead atoms. The molecule has 110 valence electrons. The zero-order chi connectivity index (χ0) is 14.9. The molecule has 1 fully saturated rings. The molecule has 1 aromatic rings. The summed E-state index contributed by atoms with van der Waals surface area (Å²) in [5.74, 6) is 6.11. The lowest BCUT2D eigenvalue weighted by Gasteiger charge is -2.42. The molecule has 1 saturated heterocycles. The van der Waals surface area contributed by atoms with Gasteiger partial charge in [0.15, 0.2) is 0 Å². The highest BCUT2D eigenvalue weighted by Gasteiger charge is 2.32. The molecule has 0 spiro atoms. The Morgan fingerprint density at radius 3 is 2.85 bits per heavy atom. The summed E-state index contributed by atoms with van der Waals surface area (Å²) in [7, 11) is 0. The van der Waals surface area contributed by atoms with Gasteiger partial charge in [-0.05, 0) is 20.8 Å². The minimum Gasteiger partial charge on any atom is -0.369 e. The number of hydrazine groups is 1. The fourth-order valence-electron chi connectivity index (χ4n) is 2.47. The van der Waals surface area contributed by atoms with Crippen LogP contribution in [0.15, 0.2) is 12.1 Å². The van der Waals surface area contributed by atoms with Crippen molar-refractivity contribution in [2.24, 2.45) is 5.84 Å². The van der Waals surface area contributed by atoms with Gasteiger partial charge in [0.1, 0.15) is 11.6 Å². The van der Waals surface area contributed by atoms with Crippen molar-refractivity contribution >= 4 is 17.3 Å². The number of nitrogens with zero attached hydrogens (tertiary/aromatic N) is 3. The highest BCUT2D eigenvalue weighted by Crippen LogP contribution is 2.28. The smallest absolute Gasteiger partial charge is 0.276 e. The Morgan fingerprint density at radius 2 is 2.30 bits per heavy atom. The Hall–Kier alpha value is -1.93. The number of nitro groups is 1. The Bertz CT molecular complexity index is 520. The van der Waals surface area contributed by atoms with Gasteiger partial charge in [0.2, 0.25) is 0 Å². The maximum atomic E-state index is 11.0. The summed E-state index contributed by atoms with van der Waals surface area (Å²) in [6, 6.07) is 2.76. The summed E-state index contributed by atoms with van der Waals surface area (Å²) in [5, 5.41) is 11.0. The summed E-state index contributed by atoms with van der Waals surface area (Å²) < 4.78 is 5.82. The molecule has 1 aliphatic rings. The molecule has 0 aromatic carbocycles. The van der Waals surface area contributed by atoms with E-state index < -0.39 is 4.92 Å². The largest absolute Gasteiger partial charge is 0.369 e. The predicted molar refractivity (Wildman–Crippen MR) is 75.5 cm³/mol. The van der Waals surface area contributed by atoms with Gasteiger partial charge in [-0.15, -0.1) is 0 Å². The number of rotatable bonds is 3. The van der Waals surface area contributed by atoms with E-state index in [2.05, 4.69) is 10.4 Å². The van der Waals surface area contributed by atoms with Crippen molar-refractivity contribution in [1.29, 1.82) is 0 Å². The summed E-state index contributed by atoms with van der Waals surface area (Å²) in [6.45, 7) is 7.16. The van der Waals surface area contributed by atoms with Gasteiger partial charge in [-0.1, -0.05) is 0 Å². The Balaban J connectivity index is 2.36. The fourth-order valence-corrected chi connectivity index (χ4v) is 2.47. The van der Waals surface area contributed by atoms with Crippen LogP contribution in [0.3, 0.4) is 0 Å². The van der Waals surface area contributed by atoms with Crippen LogP contribution in [0.5, 0.6) is 0 Å². The molecule has 1 aliphatic heterocycles. The molecule has 8 nitrogen and oxygen atoms in total. The van der Waals surface area contributed by atoms with Crippen molar-refractivity contribution in [1.82, 2.24) is 4.98 Å². The first-order valence-corrected chi connectivity index (χ1v) is 6.36. The van der Waals surface area contributed by atoms with E-state index in [1.54, 1.807) is 0 Å². The van der Waals surface area contributed by atoms with Gasteiger partial charge in [-0.25, -0.2) is 10.8 Å². The van der Waals surface area contributed by atoms with E-state index >= 15 is 0 Å². The minimum absolute atomic E-state index is 0.0223. The molecule has 3 N–H and O–H groups in total. The molecule has 1 unspecified atom stereocenters. The number of aromatic nitrogens is 1. The van der Waals surface area contributed by atoms with E-state index in [0.29, 0.717) is 18.9 Å². The fraction of sp³-hybridized carbons (Fsp3) is 0.583. The average molecular weight is 281 g/mol. The standard InChI is InChI=1S/C12H19N5O3/c1-8-6-16(7-12(2,3)20-8)11-5-9(17(18)19)4-10(14-11)15-13/h4-5,8H,6-7,13H2,1-3H3,(H,14,15). The molecule has 2 heterocycles. The van der Waals surface area contributed by atoms with Crippen molar-refractivity contribution < 1.29 is 9.66 Å². The van der Waals surface area contributed by atoms with Gasteiger partial charge >= 0.3 is 0 Å². The summed E-state index contributed by atoms with van der Waals surface area (Å²) >= 11 is 0. The Labute approximate surface area is 117 Å². The number of nitrogen functional groups attached to an aromatic ring is 1. The number of morpholine rings is 1. The van der Waals surface area contributed by atoms with Gasteiger partial charge in [0.25, 0.3) is 5.69 Å². The van der Waals surface area contributed by atoms with E-state index in [1.807, 2.05) is 25.7 Å². The highest BCUT2D eigenvalue weighted by molar-refractivity contribution is 5.56. The van der Waals surface area contributed by atoms with Crippen molar-refractivity contribution in [2.75, 3.05) is 23.4 Å². The first kappa shape index (κ1) is 14.5. The lowest BCUT2D eigenvalue weighted by Crippen LogP contribution is -2.52. The van der Waals surface area contributed by atoms with E-state index in [4.69, 9.17) is 10.6 Å². The topological polar surface area (TPSA) is 107 Å². The maximum Gasteiger partial charge on any atom is 0.276 e. The molecular weight excluding hydrogens is 262 g/mol. The van der Waals surface area contributed by atoms with Crippen LogP contribution in [0.4, 0.5) is 17.3 Å². The summed E-state index contributed by atoms with van der Waals surface area (Å²) in [6.07, 6.45) is 0.0223. The van der Waals surface area contributed by atoms with Gasteiger partial charge < -0.3 is 15.1 Å². The van der Waals surface area contributed by atoms with Crippen molar-refractivity contribution in [3.8, 4) is 0 Å². The first-order chi connectivity index (χ1) is 9.30. The number of anilines is 2. The van der Waals surface area contributed by atoms with Crippen molar-refractivity contribution in [3.63, 3.8) is 0 Å². The van der Waals surface area contributed by atoms with Crippen LogP contribution in [0.1, 0.15) is 20.8 Å².